The zero-order valence-electron chi connectivity index (χ0n) is 14.5. The number of rotatable bonds is 4. The topological polar surface area (TPSA) is 26.3 Å². The molecule has 0 saturated carbocycles. The van der Waals surface area contributed by atoms with Gasteiger partial charge in [-0.15, -0.1) is 13.2 Å². The van der Waals surface area contributed by atoms with Crippen LogP contribution in [-0.2, 0) is 23.0 Å². The van der Waals surface area contributed by atoms with Crippen LogP contribution in [0.4, 0.5) is 13.2 Å². The normalized spacial score (nSPS) is 12.1. The molecule has 0 atom stereocenters. The Morgan fingerprint density at radius 3 is 2.12 bits per heavy atom. The van der Waals surface area contributed by atoms with E-state index in [4.69, 9.17) is 0 Å². The van der Waals surface area contributed by atoms with Crippen LogP contribution in [0.3, 0.4) is 0 Å². The van der Waals surface area contributed by atoms with Gasteiger partial charge in [-0.2, -0.15) is 0 Å². The van der Waals surface area contributed by atoms with E-state index >= 15 is 0 Å². The molecule has 0 radical (unpaired) electrons. The monoisotopic (exact) mass is 350 g/mol. The molecule has 134 valence electrons. The van der Waals surface area contributed by atoms with E-state index in [9.17, 15) is 18.0 Å². The number of alkyl halides is 3. The lowest BCUT2D eigenvalue weighted by molar-refractivity contribution is -0.291. The van der Waals surface area contributed by atoms with Gasteiger partial charge < -0.3 is 4.74 Å². The fourth-order valence-corrected chi connectivity index (χ4v) is 2.95. The summed E-state index contributed by atoms with van der Waals surface area (Å²) in [4.78, 5) is 12.0. The smallest absolute Gasteiger partial charge is 0.369 e. The average Bonchev–Trinajstić information content (AvgIpc) is 2.51. The summed E-state index contributed by atoms with van der Waals surface area (Å²) >= 11 is 0. The molecule has 0 fully saturated rings. The summed E-state index contributed by atoms with van der Waals surface area (Å²) in [6.07, 6.45) is -3.63. The summed E-state index contributed by atoms with van der Waals surface area (Å²) in [5, 5.41) is 0. The minimum atomic E-state index is -4.99. The number of hydrogen-bond donors (Lipinski definition) is 0. The Balaban J connectivity index is 2.36. The minimum Gasteiger partial charge on any atom is -0.369 e. The van der Waals surface area contributed by atoms with Crippen LogP contribution in [0.5, 0.6) is 0 Å². The van der Waals surface area contributed by atoms with Gasteiger partial charge in [0.05, 0.1) is 5.56 Å². The Bertz CT molecular complexity index is 729. The van der Waals surface area contributed by atoms with Crippen LogP contribution in [-0.4, -0.2) is 12.3 Å². The summed E-state index contributed by atoms with van der Waals surface area (Å²) in [5.74, 6) is -1.36. The molecule has 0 aliphatic rings. The van der Waals surface area contributed by atoms with Crippen LogP contribution in [0, 0.1) is 0 Å². The van der Waals surface area contributed by atoms with Gasteiger partial charge in [-0.1, -0.05) is 63.2 Å². The Morgan fingerprint density at radius 2 is 1.56 bits per heavy atom. The predicted octanol–water partition coefficient (Wildman–Crippen LogP) is 5.45. The lowest BCUT2D eigenvalue weighted by Crippen LogP contribution is -2.25. The summed E-state index contributed by atoms with van der Waals surface area (Å²) < 4.78 is 41.0. The van der Waals surface area contributed by atoms with Crippen molar-refractivity contribution in [1.82, 2.24) is 0 Å². The Labute approximate surface area is 145 Å². The van der Waals surface area contributed by atoms with Gasteiger partial charge in [-0.25, -0.2) is 4.79 Å². The van der Waals surface area contributed by atoms with E-state index in [1.165, 1.54) is 6.07 Å². The van der Waals surface area contributed by atoms with Gasteiger partial charge in [0.15, 0.2) is 0 Å². The third kappa shape index (κ3) is 5.34. The van der Waals surface area contributed by atoms with Crippen LogP contribution in [0.15, 0.2) is 48.5 Å². The first-order valence-corrected chi connectivity index (χ1v) is 8.04. The van der Waals surface area contributed by atoms with Gasteiger partial charge in [0.1, 0.15) is 0 Å². The number of halogens is 3. The molecule has 2 aromatic carbocycles. The fraction of sp³-hybridized carbons (Fsp3) is 0.350. The third-order valence-electron chi connectivity index (χ3n) is 3.85. The van der Waals surface area contributed by atoms with Gasteiger partial charge in [0.2, 0.25) is 0 Å². The minimum absolute atomic E-state index is 0.0320. The molecule has 0 N–H and O–H groups in total. The van der Waals surface area contributed by atoms with E-state index in [0.29, 0.717) is 12.0 Å². The molecule has 0 saturated heterocycles. The summed E-state index contributed by atoms with van der Waals surface area (Å²) in [5.41, 5.74) is 2.06. The van der Waals surface area contributed by atoms with Crippen molar-refractivity contribution < 1.29 is 22.7 Å². The van der Waals surface area contributed by atoms with Gasteiger partial charge >= 0.3 is 12.3 Å². The maximum Gasteiger partial charge on any atom is 0.575 e. The molecule has 2 aromatic rings. The SMILES string of the molecule is CC(C)(C)c1c(CCc2ccccc2)cccc1C(=O)OC(F)(F)F. The van der Waals surface area contributed by atoms with Crippen LogP contribution in [0.1, 0.15) is 47.8 Å². The quantitative estimate of drug-likeness (QED) is 0.686. The highest BCUT2D eigenvalue weighted by Crippen LogP contribution is 2.32. The molecule has 5 heteroatoms. The molecule has 2 rings (SSSR count). The van der Waals surface area contributed by atoms with Gasteiger partial charge in [0.25, 0.3) is 0 Å². The van der Waals surface area contributed by atoms with E-state index in [2.05, 4.69) is 4.74 Å². The molecule has 2 nitrogen and oxygen atoms in total. The molecule has 0 unspecified atom stereocenters. The first-order chi connectivity index (χ1) is 11.6. The number of carbonyl (C=O) groups is 1. The third-order valence-corrected chi connectivity index (χ3v) is 3.85. The van der Waals surface area contributed by atoms with Crippen molar-refractivity contribution >= 4 is 5.97 Å². The summed E-state index contributed by atoms with van der Waals surface area (Å²) in [6.45, 7) is 5.62. The summed E-state index contributed by atoms with van der Waals surface area (Å²) in [6, 6.07) is 14.7. The molecule has 0 amide bonds. The van der Waals surface area contributed by atoms with Crippen LogP contribution in [0.2, 0.25) is 0 Å². The highest BCUT2D eigenvalue weighted by atomic mass is 19.4. The van der Waals surface area contributed by atoms with Crippen molar-refractivity contribution in [3.05, 3.63) is 70.8 Å². The first kappa shape index (κ1) is 19.0. The zero-order valence-corrected chi connectivity index (χ0v) is 14.5. The highest BCUT2D eigenvalue weighted by Gasteiger charge is 2.36. The number of esters is 1. The Morgan fingerprint density at radius 1 is 0.920 bits per heavy atom. The maximum atomic E-state index is 12.4. The molecular formula is C20H21F3O2. The summed E-state index contributed by atoms with van der Waals surface area (Å²) in [7, 11) is 0. The number of aryl methyl sites for hydroxylation is 2. The van der Waals surface area contributed by atoms with Crippen LogP contribution >= 0.6 is 0 Å². The van der Waals surface area contributed by atoms with Crippen LogP contribution < -0.4 is 0 Å². The molecule has 0 heterocycles. The maximum absolute atomic E-state index is 12.4. The number of ether oxygens (including phenoxy) is 1. The largest absolute Gasteiger partial charge is 0.575 e. The number of benzene rings is 2. The predicted molar refractivity (Wildman–Crippen MR) is 90.5 cm³/mol. The van der Waals surface area contributed by atoms with Crippen molar-refractivity contribution in [2.75, 3.05) is 0 Å². The van der Waals surface area contributed by atoms with E-state index in [1.54, 1.807) is 6.07 Å². The molecule has 25 heavy (non-hydrogen) atoms. The van der Waals surface area contributed by atoms with Crippen molar-refractivity contribution in [2.24, 2.45) is 0 Å². The van der Waals surface area contributed by atoms with E-state index in [-0.39, 0.29) is 5.56 Å². The molecule has 0 spiro atoms. The van der Waals surface area contributed by atoms with Gasteiger partial charge in [-0.05, 0) is 41.0 Å². The van der Waals surface area contributed by atoms with Crippen molar-refractivity contribution in [2.45, 2.75) is 45.4 Å². The number of carbonyl (C=O) groups excluding carboxylic acids is 1. The Hall–Kier alpha value is -2.30. The van der Waals surface area contributed by atoms with E-state index in [0.717, 1.165) is 17.5 Å². The van der Waals surface area contributed by atoms with Gasteiger partial charge in [0, 0.05) is 0 Å². The first-order valence-electron chi connectivity index (χ1n) is 8.04. The van der Waals surface area contributed by atoms with Crippen molar-refractivity contribution in [3.8, 4) is 0 Å². The second kappa shape index (κ2) is 7.30. The zero-order chi connectivity index (χ0) is 18.7. The van der Waals surface area contributed by atoms with E-state index < -0.39 is 17.7 Å². The molecule has 0 bridgehead atoms. The van der Waals surface area contributed by atoms with Gasteiger partial charge in [-0.3, -0.25) is 0 Å². The molecule has 0 aliphatic heterocycles. The average molecular weight is 350 g/mol. The fourth-order valence-electron chi connectivity index (χ4n) is 2.95. The second-order valence-corrected chi connectivity index (χ2v) is 6.91. The highest BCUT2D eigenvalue weighted by molar-refractivity contribution is 5.92. The van der Waals surface area contributed by atoms with Crippen molar-refractivity contribution in [1.29, 1.82) is 0 Å². The standard InChI is InChI=1S/C20H21F3O2/c1-19(2,3)17-15(13-12-14-8-5-4-6-9-14)10-7-11-16(17)18(24)25-20(21,22)23/h4-11H,12-13H2,1-3H3. The molecule has 0 aromatic heterocycles. The second-order valence-electron chi connectivity index (χ2n) is 6.91. The molecular weight excluding hydrogens is 329 g/mol. The van der Waals surface area contributed by atoms with Crippen molar-refractivity contribution in [3.63, 3.8) is 0 Å². The number of hydrogen-bond acceptors (Lipinski definition) is 2. The van der Waals surface area contributed by atoms with E-state index in [1.807, 2.05) is 57.2 Å². The lowest BCUT2D eigenvalue weighted by atomic mass is 9.79. The lowest BCUT2D eigenvalue weighted by Gasteiger charge is -2.26. The van der Waals surface area contributed by atoms with Crippen LogP contribution in [0.25, 0.3) is 0 Å². The Kier molecular flexibility index (Phi) is 5.55. The molecule has 0 aliphatic carbocycles.